The van der Waals surface area contributed by atoms with E-state index < -0.39 is 6.10 Å². The molecular weight excluding hydrogens is 265 g/mol. The normalized spacial score (nSPS) is 12.5. The molecule has 3 rings (SSSR count). The fraction of sp³-hybridized carbons (Fsp3) is 0.167. The highest BCUT2D eigenvalue weighted by atomic mass is 19.1. The maximum absolute atomic E-state index is 13.4. The standard InChI is InChI=1S/C18H16FNO/c1-12-6-7-15(19)8-14(12)9-18(21)17-11-20-10-13-4-2-3-5-16(13)17/h2-8,10-11,18,21H,9H2,1H3. The van der Waals surface area contributed by atoms with E-state index in [0.29, 0.717) is 6.42 Å². The molecule has 2 aromatic carbocycles. The van der Waals surface area contributed by atoms with Gasteiger partial charge in [-0.1, -0.05) is 30.3 Å². The SMILES string of the molecule is Cc1ccc(F)cc1CC(O)c1cncc2ccccc12. The Labute approximate surface area is 122 Å². The van der Waals surface area contributed by atoms with Gasteiger partial charge in [0.15, 0.2) is 0 Å². The van der Waals surface area contributed by atoms with E-state index in [-0.39, 0.29) is 5.82 Å². The van der Waals surface area contributed by atoms with Crippen LogP contribution in [0.3, 0.4) is 0 Å². The Bertz CT molecular complexity index is 780. The van der Waals surface area contributed by atoms with Crippen LogP contribution in [0.4, 0.5) is 4.39 Å². The molecule has 0 radical (unpaired) electrons. The van der Waals surface area contributed by atoms with Crippen molar-refractivity contribution in [3.63, 3.8) is 0 Å². The maximum atomic E-state index is 13.4. The number of pyridine rings is 1. The molecule has 0 aliphatic rings. The van der Waals surface area contributed by atoms with Crippen molar-refractivity contribution >= 4 is 10.8 Å². The minimum absolute atomic E-state index is 0.279. The third-order valence-corrected chi connectivity index (χ3v) is 3.78. The van der Waals surface area contributed by atoms with Crippen LogP contribution in [-0.2, 0) is 6.42 Å². The Kier molecular flexibility index (Phi) is 3.67. The van der Waals surface area contributed by atoms with Crippen LogP contribution >= 0.6 is 0 Å². The Balaban J connectivity index is 1.97. The number of aromatic nitrogens is 1. The summed E-state index contributed by atoms with van der Waals surface area (Å²) in [6.45, 7) is 1.92. The van der Waals surface area contributed by atoms with Gasteiger partial charge in [-0.05, 0) is 35.6 Å². The first-order chi connectivity index (χ1) is 10.1. The smallest absolute Gasteiger partial charge is 0.123 e. The number of aliphatic hydroxyl groups is 1. The number of hydrogen-bond acceptors (Lipinski definition) is 2. The lowest BCUT2D eigenvalue weighted by Gasteiger charge is -2.15. The highest BCUT2D eigenvalue weighted by Crippen LogP contribution is 2.26. The Hall–Kier alpha value is -2.26. The van der Waals surface area contributed by atoms with E-state index in [1.165, 1.54) is 12.1 Å². The lowest BCUT2D eigenvalue weighted by Crippen LogP contribution is -2.05. The van der Waals surface area contributed by atoms with Gasteiger partial charge in [0.25, 0.3) is 0 Å². The molecule has 3 aromatic rings. The van der Waals surface area contributed by atoms with Gasteiger partial charge in [0.1, 0.15) is 5.82 Å². The summed E-state index contributed by atoms with van der Waals surface area (Å²) < 4.78 is 13.4. The van der Waals surface area contributed by atoms with Gasteiger partial charge >= 0.3 is 0 Å². The topological polar surface area (TPSA) is 33.1 Å². The summed E-state index contributed by atoms with van der Waals surface area (Å²) in [4.78, 5) is 4.18. The molecule has 2 nitrogen and oxygen atoms in total. The summed E-state index contributed by atoms with van der Waals surface area (Å²) in [5.41, 5.74) is 2.57. The molecule has 1 atom stereocenters. The average Bonchev–Trinajstić information content (AvgIpc) is 2.50. The summed E-state index contributed by atoms with van der Waals surface area (Å²) in [6.07, 6.45) is 3.13. The molecule has 1 N–H and O–H groups in total. The predicted molar refractivity (Wildman–Crippen MR) is 81.5 cm³/mol. The van der Waals surface area contributed by atoms with Gasteiger partial charge in [0.2, 0.25) is 0 Å². The molecule has 0 spiro atoms. The molecule has 0 fully saturated rings. The zero-order valence-electron chi connectivity index (χ0n) is 11.8. The van der Waals surface area contributed by atoms with Crippen molar-refractivity contribution in [2.45, 2.75) is 19.4 Å². The van der Waals surface area contributed by atoms with E-state index in [1.54, 1.807) is 18.5 Å². The van der Waals surface area contributed by atoms with Gasteiger partial charge in [-0.25, -0.2) is 4.39 Å². The molecule has 106 valence electrons. The second-order valence-electron chi connectivity index (χ2n) is 5.24. The van der Waals surface area contributed by atoms with E-state index in [1.807, 2.05) is 31.2 Å². The molecule has 0 saturated carbocycles. The van der Waals surface area contributed by atoms with Crippen LogP contribution in [0.2, 0.25) is 0 Å². The van der Waals surface area contributed by atoms with Crippen LogP contribution in [0.25, 0.3) is 10.8 Å². The lowest BCUT2D eigenvalue weighted by molar-refractivity contribution is 0.179. The third-order valence-electron chi connectivity index (χ3n) is 3.78. The molecular formula is C18H16FNO. The van der Waals surface area contributed by atoms with Gasteiger partial charge in [0.05, 0.1) is 6.10 Å². The second kappa shape index (κ2) is 5.62. The highest BCUT2D eigenvalue weighted by molar-refractivity contribution is 5.84. The van der Waals surface area contributed by atoms with E-state index in [9.17, 15) is 9.50 Å². The van der Waals surface area contributed by atoms with Crippen molar-refractivity contribution in [1.82, 2.24) is 4.98 Å². The van der Waals surface area contributed by atoms with E-state index in [2.05, 4.69) is 4.98 Å². The third kappa shape index (κ3) is 2.78. The van der Waals surface area contributed by atoms with Crippen LogP contribution in [-0.4, -0.2) is 10.1 Å². The fourth-order valence-electron chi connectivity index (χ4n) is 2.58. The van der Waals surface area contributed by atoms with E-state index in [4.69, 9.17) is 0 Å². The van der Waals surface area contributed by atoms with Crippen molar-refractivity contribution in [2.75, 3.05) is 0 Å². The summed E-state index contributed by atoms with van der Waals surface area (Å²) in [5.74, 6) is -0.279. The summed E-state index contributed by atoms with van der Waals surface area (Å²) >= 11 is 0. The molecule has 3 heteroatoms. The molecule has 0 amide bonds. The first kappa shape index (κ1) is 13.7. The molecule has 1 heterocycles. The Morgan fingerprint density at radius 3 is 2.81 bits per heavy atom. The predicted octanol–water partition coefficient (Wildman–Crippen LogP) is 3.96. The van der Waals surface area contributed by atoms with Crippen molar-refractivity contribution in [2.24, 2.45) is 0 Å². The van der Waals surface area contributed by atoms with E-state index in [0.717, 1.165) is 27.5 Å². The Morgan fingerprint density at radius 1 is 1.14 bits per heavy atom. The number of aliphatic hydroxyl groups excluding tert-OH is 1. The van der Waals surface area contributed by atoms with Crippen LogP contribution < -0.4 is 0 Å². The van der Waals surface area contributed by atoms with Crippen molar-refractivity contribution < 1.29 is 9.50 Å². The van der Waals surface area contributed by atoms with Gasteiger partial charge in [-0.15, -0.1) is 0 Å². The van der Waals surface area contributed by atoms with Crippen molar-refractivity contribution in [3.05, 3.63) is 77.4 Å². The number of hydrogen-bond donors (Lipinski definition) is 1. The number of halogens is 1. The number of rotatable bonds is 3. The minimum Gasteiger partial charge on any atom is -0.388 e. The molecule has 21 heavy (non-hydrogen) atoms. The molecule has 0 aliphatic carbocycles. The molecule has 1 unspecified atom stereocenters. The molecule has 0 saturated heterocycles. The lowest BCUT2D eigenvalue weighted by atomic mass is 9.96. The van der Waals surface area contributed by atoms with Crippen LogP contribution in [0.1, 0.15) is 22.8 Å². The number of nitrogens with zero attached hydrogens (tertiary/aromatic N) is 1. The van der Waals surface area contributed by atoms with Gasteiger partial charge in [-0.3, -0.25) is 4.98 Å². The molecule has 0 bridgehead atoms. The highest BCUT2D eigenvalue weighted by Gasteiger charge is 2.14. The summed E-state index contributed by atoms with van der Waals surface area (Å²) in [7, 11) is 0. The van der Waals surface area contributed by atoms with Crippen LogP contribution in [0.15, 0.2) is 54.9 Å². The van der Waals surface area contributed by atoms with Crippen molar-refractivity contribution in [3.8, 4) is 0 Å². The van der Waals surface area contributed by atoms with Crippen molar-refractivity contribution in [1.29, 1.82) is 0 Å². The molecule has 1 aromatic heterocycles. The number of benzene rings is 2. The zero-order valence-corrected chi connectivity index (χ0v) is 11.8. The quantitative estimate of drug-likeness (QED) is 0.788. The average molecular weight is 281 g/mol. The number of fused-ring (bicyclic) bond motifs is 1. The van der Waals surface area contributed by atoms with Gasteiger partial charge in [-0.2, -0.15) is 0 Å². The first-order valence-corrected chi connectivity index (χ1v) is 6.91. The van der Waals surface area contributed by atoms with Gasteiger partial charge in [0, 0.05) is 29.8 Å². The Morgan fingerprint density at radius 2 is 1.95 bits per heavy atom. The zero-order chi connectivity index (χ0) is 14.8. The number of aryl methyl sites for hydroxylation is 1. The fourth-order valence-corrected chi connectivity index (χ4v) is 2.58. The van der Waals surface area contributed by atoms with Crippen LogP contribution in [0, 0.1) is 12.7 Å². The summed E-state index contributed by atoms with van der Waals surface area (Å²) in [5, 5.41) is 12.5. The molecule has 0 aliphatic heterocycles. The minimum atomic E-state index is -0.705. The maximum Gasteiger partial charge on any atom is 0.123 e. The van der Waals surface area contributed by atoms with Crippen LogP contribution in [0.5, 0.6) is 0 Å². The largest absolute Gasteiger partial charge is 0.388 e. The van der Waals surface area contributed by atoms with Gasteiger partial charge < -0.3 is 5.11 Å². The summed E-state index contributed by atoms with van der Waals surface area (Å²) in [6, 6.07) is 12.5. The van der Waals surface area contributed by atoms with E-state index >= 15 is 0 Å². The second-order valence-corrected chi connectivity index (χ2v) is 5.24. The monoisotopic (exact) mass is 281 g/mol. The first-order valence-electron chi connectivity index (χ1n) is 6.91.